The van der Waals surface area contributed by atoms with E-state index in [0.717, 1.165) is 11.1 Å². The smallest absolute Gasteiger partial charge is 0.225 e. The van der Waals surface area contributed by atoms with E-state index in [1.807, 2.05) is 60.7 Å². The first-order valence-electron chi connectivity index (χ1n) is 7.27. The fourth-order valence-corrected chi connectivity index (χ4v) is 2.55. The van der Waals surface area contributed by atoms with Crippen LogP contribution in [-0.2, 0) is 22.6 Å². The first kappa shape index (κ1) is 17.6. The standard InChI is InChI=1S/C17H20NO4P/c19-16(11-14-7-3-1-4-8-14)18-17(23(20)21)13-22-12-15-9-5-2-6-10-15/h1-10,17,20-21H,11-13H2,(H,18,19). The van der Waals surface area contributed by atoms with Gasteiger partial charge in [-0.3, -0.25) is 4.79 Å². The number of ether oxygens (including phenoxy) is 1. The lowest BCUT2D eigenvalue weighted by Crippen LogP contribution is -2.37. The summed E-state index contributed by atoms with van der Waals surface area (Å²) >= 11 is 0. The minimum atomic E-state index is -2.31. The van der Waals surface area contributed by atoms with E-state index in [4.69, 9.17) is 4.74 Å². The number of nitrogens with one attached hydrogen (secondary N) is 1. The van der Waals surface area contributed by atoms with Gasteiger partial charge in [-0.15, -0.1) is 0 Å². The first-order chi connectivity index (χ1) is 11.1. The third kappa shape index (κ3) is 6.47. The first-order valence-corrected chi connectivity index (χ1v) is 8.59. The van der Waals surface area contributed by atoms with Gasteiger partial charge >= 0.3 is 0 Å². The van der Waals surface area contributed by atoms with Crippen LogP contribution in [0.4, 0.5) is 0 Å². The van der Waals surface area contributed by atoms with E-state index in [1.165, 1.54) is 0 Å². The molecule has 122 valence electrons. The fraction of sp³-hybridized carbons (Fsp3) is 0.235. The second-order valence-electron chi connectivity index (χ2n) is 5.07. The van der Waals surface area contributed by atoms with E-state index in [-0.39, 0.29) is 18.9 Å². The second-order valence-corrected chi connectivity index (χ2v) is 6.33. The molecule has 0 fully saturated rings. The number of benzene rings is 2. The largest absolute Gasteiger partial charge is 0.374 e. The zero-order chi connectivity index (χ0) is 16.5. The molecule has 23 heavy (non-hydrogen) atoms. The monoisotopic (exact) mass is 333 g/mol. The van der Waals surface area contributed by atoms with Gasteiger partial charge in [0.25, 0.3) is 0 Å². The van der Waals surface area contributed by atoms with Crippen molar-refractivity contribution in [3.63, 3.8) is 0 Å². The van der Waals surface area contributed by atoms with Gasteiger partial charge in [-0.2, -0.15) is 0 Å². The quantitative estimate of drug-likeness (QED) is 0.647. The molecule has 0 aromatic heterocycles. The number of carbonyl (C=O) groups excluding carboxylic acids is 1. The van der Waals surface area contributed by atoms with Gasteiger partial charge in [-0.25, -0.2) is 0 Å². The highest BCUT2D eigenvalue weighted by atomic mass is 31.2. The van der Waals surface area contributed by atoms with Crippen LogP contribution < -0.4 is 5.32 Å². The molecule has 1 unspecified atom stereocenters. The van der Waals surface area contributed by atoms with E-state index in [9.17, 15) is 14.6 Å². The van der Waals surface area contributed by atoms with Crippen molar-refractivity contribution in [2.75, 3.05) is 6.61 Å². The van der Waals surface area contributed by atoms with Gasteiger partial charge in [0.05, 0.1) is 19.6 Å². The van der Waals surface area contributed by atoms with Crippen molar-refractivity contribution in [2.45, 2.75) is 18.8 Å². The molecule has 2 aromatic rings. The summed E-state index contributed by atoms with van der Waals surface area (Å²) in [6.07, 6.45) is 0.194. The van der Waals surface area contributed by atoms with Crippen LogP contribution >= 0.6 is 8.38 Å². The maximum Gasteiger partial charge on any atom is 0.225 e. The van der Waals surface area contributed by atoms with Crippen LogP contribution in [0, 0.1) is 0 Å². The molecular formula is C17H20NO4P. The molecule has 2 rings (SSSR count). The Morgan fingerprint density at radius 3 is 2.13 bits per heavy atom. The van der Waals surface area contributed by atoms with Crippen LogP contribution in [0.2, 0.25) is 0 Å². The summed E-state index contributed by atoms with van der Waals surface area (Å²) in [5.41, 5.74) is 1.86. The lowest BCUT2D eigenvalue weighted by molar-refractivity contribution is -0.121. The van der Waals surface area contributed by atoms with Crippen LogP contribution in [0.3, 0.4) is 0 Å². The van der Waals surface area contributed by atoms with Crippen molar-refractivity contribution in [2.24, 2.45) is 0 Å². The Morgan fingerprint density at radius 1 is 1.00 bits per heavy atom. The van der Waals surface area contributed by atoms with Crippen molar-refractivity contribution in [3.8, 4) is 0 Å². The average molecular weight is 333 g/mol. The maximum absolute atomic E-state index is 12.0. The number of carbonyl (C=O) groups is 1. The molecule has 1 amide bonds. The third-order valence-electron chi connectivity index (χ3n) is 3.20. The molecule has 0 bridgehead atoms. The van der Waals surface area contributed by atoms with E-state index in [1.54, 1.807) is 0 Å². The molecule has 3 N–H and O–H groups in total. The van der Waals surface area contributed by atoms with E-state index >= 15 is 0 Å². The van der Waals surface area contributed by atoms with Gasteiger partial charge in [-0.05, 0) is 11.1 Å². The summed E-state index contributed by atoms with van der Waals surface area (Å²) in [7, 11) is -2.31. The van der Waals surface area contributed by atoms with Crippen molar-refractivity contribution < 1.29 is 19.3 Å². The van der Waals surface area contributed by atoms with Crippen LogP contribution in [0.15, 0.2) is 60.7 Å². The molecule has 2 aromatic carbocycles. The highest BCUT2D eigenvalue weighted by Gasteiger charge is 2.20. The molecule has 0 spiro atoms. The van der Waals surface area contributed by atoms with Gasteiger partial charge < -0.3 is 19.8 Å². The molecule has 0 saturated carbocycles. The Hall–Kier alpha value is -1.78. The minimum absolute atomic E-state index is 0.0497. The van der Waals surface area contributed by atoms with E-state index in [2.05, 4.69) is 5.32 Å². The molecule has 0 aliphatic rings. The summed E-state index contributed by atoms with van der Waals surface area (Å²) in [6, 6.07) is 18.8. The Kier molecular flexibility index (Phi) is 7.17. The summed E-state index contributed by atoms with van der Waals surface area (Å²) in [4.78, 5) is 30.9. The molecule has 0 saturated heterocycles. The lowest BCUT2D eigenvalue weighted by atomic mass is 10.1. The molecular weight excluding hydrogens is 313 g/mol. The van der Waals surface area contributed by atoms with Gasteiger partial charge in [-0.1, -0.05) is 60.7 Å². The van der Waals surface area contributed by atoms with Crippen molar-refractivity contribution >= 4 is 14.3 Å². The predicted octanol–water partition coefficient (Wildman–Crippen LogP) is 2.18. The summed E-state index contributed by atoms with van der Waals surface area (Å²) in [5.74, 6) is -1.06. The highest BCUT2D eigenvalue weighted by molar-refractivity contribution is 7.45. The van der Waals surface area contributed by atoms with Gasteiger partial charge in [0.2, 0.25) is 5.91 Å². The number of rotatable bonds is 8. The SMILES string of the molecule is O=C(Cc1ccccc1)NC(COCc1ccccc1)P(O)O. The second kappa shape index (κ2) is 9.38. The molecule has 0 aliphatic carbocycles. The molecule has 5 nitrogen and oxygen atoms in total. The summed E-state index contributed by atoms with van der Waals surface area (Å²) in [5, 5.41) is 2.62. The Morgan fingerprint density at radius 2 is 1.57 bits per heavy atom. The van der Waals surface area contributed by atoms with Gasteiger partial charge in [0.1, 0.15) is 5.78 Å². The average Bonchev–Trinajstić information content (AvgIpc) is 2.55. The summed E-state index contributed by atoms with van der Waals surface area (Å²) < 4.78 is 5.48. The molecule has 0 aliphatic heterocycles. The van der Waals surface area contributed by atoms with Crippen LogP contribution in [0.1, 0.15) is 11.1 Å². The van der Waals surface area contributed by atoms with Gasteiger partial charge in [0.15, 0.2) is 8.38 Å². The van der Waals surface area contributed by atoms with Crippen molar-refractivity contribution in [1.29, 1.82) is 0 Å². The maximum atomic E-state index is 12.0. The molecule has 6 heteroatoms. The highest BCUT2D eigenvalue weighted by Crippen LogP contribution is 2.29. The number of amides is 1. The van der Waals surface area contributed by atoms with E-state index in [0.29, 0.717) is 6.61 Å². The number of hydrogen-bond donors (Lipinski definition) is 3. The van der Waals surface area contributed by atoms with Gasteiger partial charge in [0, 0.05) is 0 Å². The van der Waals surface area contributed by atoms with Crippen LogP contribution in [0.5, 0.6) is 0 Å². The Labute approximate surface area is 136 Å². The van der Waals surface area contributed by atoms with Crippen molar-refractivity contribution in [1.82, 2.24) is 5.32 Å². The minimum Gasteiger partial charge on any atom is -0.374 e. The molecule has 0 heterocycles. The molecule has 0 radical (unpaired) electrons. The number of hydrogen-bond acceptors (Lipinski definition) is 4. The van der Waals surface area contributed by atoms with Crippen molar-refractivity contribution in [3.05, 3.63) is 71.8 Å². The zero-order valence-electron chi connectivity index (χ0n) is 12.6. The molecule has 1 atom stereocenters. The van der Waals surface area contributed by atoms with Crippen LogP contribution in [0.25, 0.3) is 0 Å². The predicted molar refractivity (Wildman–Crippen MR) is 89.5 cm³/mol. The van der Waals surface area contributed by atoms with E-state index < -0.39 is 14.2 Å². The zero-order valence-corrected chi connectivity index (χ0v) is 13.5. The third-order valence-corrected chi connectivity index (χ3v) is 4.04. The Balaban J connectivity index is 1.80. The Bertz CT molecular complexity index is 592. The fourth-order valence-electron chi connectivity index (χ4n) is 2.05. The topological polar surface area (TPSA) is 78.8 Å². The summed E-state index contributed by atoms with van der Waals surface area (Å²) in [6.45, 7) is 0.406. The van der Waals surface area contributed by atoms with Crippen LogP contribution in [-0.4, -0.2) is 28.1 Å². The lowest BCUT2D eigenvalue weighted by Gasteiger charge is -2.19. The normalized spacial score (nSPS) is 12.1.